The van der Waals surface area contributed by atoms with E-state index in [0.29, 0.717) is 40.3 Å². The van der Waals surface area contributed by atoms with Crippen LogP contribution in [-0.4, -0.2) is 51.1 Å². The maximum atomic E-state index is 14.3. The first-order valence-electron chi connectivity index (χ1n) is 12.4. The lowest BCUT2D eigenvalue weighted by atomic mass is 10.00. The smallest absolute Gasteiger partial charge is 0.249 e. The van der Waals surface area contributed by atoms with Crippen molar-refractivity contribution in [1.29, 1.82) is 0 Å². The highest BCUT2D eigenvalue weighted by molar-refractivity contribution is 6.02. The third-order valence-corrected chi connectivity index (χ3v) is 6.74. The van der Waals surface area contributed by atoms with Gasteiger partial charge < -0.3 is 19.4 Å². The summed E-state index contributed by atoms with van der Waals surface area (Å²) in [5, 5.41) is 11.5. The molecule has 2 amide bonds. The van der Waals surface area contributed by atoms with Crippen molar-refractivity contribution in [3.63, 3.8) is 0 Å². The van der Waals surface area contributed by atoms with Gasteiger partial charge >= 0.3 is 0 Å². The number of para-hydroxylation sites is 1. The predicted octanol–water partition coefficient (Wildman–Crippen LogP) is 3.87. The summed E-state index contributed by atoms with van der Waals surface area (Å²) in [6.07, 6.45) is 2.55. The van der Waals surface area contributed by atoms with Gasteiger partial charge in [0.1, 0.15) is 23.6 Å². The Morgan fingerprint density at radius 2 is 1.84 bits per heavy atom. The van der Waals surface area contributed by atoms with Crippen molar-refractivity contribution in [3.05, 3.63) is 66.5 Å². The number of aromatic nitrogens is 4. The Bertz CT molecular complexity index is 1440. The van der Waals surface area contributed by atoms with Crippen LogP contribution >= 0.6 is 0 Å². The zero-order valence-corrected chi connectivity index (χ0v) is 22.6. The Morgan fingerprint density at radius 3 is 2.50 bits per heavy atom. The zero-order valence-electron chi connectivity index (χ0n) is 22.6. The van der Waals surface area contributed by atoms with Gasteiger partial charge in [0, 0.05) is 24.8 Å². The largest absolute Gasteiger partial charge is 0.497 e. The topological polar surface area (TPSA) is 104 Å². The van der Waals surface area contributed by atoms with Crippen LogP contribution in [0.5, 0.6) is 11.5 Å². The lowest BCUT2D eigenvalue weighted by Gasteiger charge is -2.35. The molecule has 0 aliphatic rings. The van der Waals surface area contributed by atoms with Gasteiger partial charge in [-0.15, -0.1) is 5.10 Å². The molecule has 2 heterocycles. The van der Waals surface area contributed by atoms with Crippen LogP contribution in [0.1, 0.15) is 38.9 Å². The summed E-state index contributed by atoms with van der Waals surface area (Å²) in [5.74, 6) is 0.247. The molecule has 1 atom stereocenters. The molecule has 0 saturated carbocycles. The van der Waals surface area contributed by atoms with Gasteiger partial charge in [-0.2, -0.15) is 0 Å². The molecule has 4 aromatic rings. The number of carbonyl (C=O) groups excluding carboxylic acids is 2. The number of benzene rings is 2. The van der Waals surface area contributed by atoms with Crippen LogP contribution in [0.4, 0.5) is 5.69 Å². The van der Waals surface area contributed by atoms with Crippen molar-refractivity contribution < 1.29 is 19.1 Å². The van der Waals surface area contributed by atoms with Gasteiger partial charge in [-0.25, -0.2) is 4.68 Å². The van der Waals surface area contributed by atoms with Crippen LogP contribution in [0.15, 0.2) is 60.8 Å². The van der Waals surface area contributed by atoms with E-state index < -0.39 is 11.6 Å². The van der Waals surface area contributed by atoms with Crippen molar-refractivity contribution in [2.24, 2.45) is 7.05 Å². The summed E-state index contributed by atoms with van der Waals surface area (Å²) >= 11 is 0. The minimum atomic E-state index is -1.01. The number of ether oxygens (including phenoxy) is 2. The monoisotopic (exact) mass is 518 g/mol. The van der Waals surface area contributed by atoms with Crippen molar-refractivity contribution in [2.45, 2.75) is 45.3 Å². The number of aryl methyl sites for hydroxylation is 1. The quantitative estimate of drug-likeness (QED) is 0.342. The fraction of sp³-hybridized carbons (Fsp3) is 0.357. The minimum Gasteiger partial charge on any atom is -0.497 e. The number of fused-ring (bicyclic) bond motifs is 1. The molecule has 0 fully saturated rings. The number of amides is 2. The lowest BCUT2D eigenvalue weighted by Crippen LogP contribution is -2.51. The van der Waals surface area contributed by atoms with E-state index in [1.54, 1.807) is 25.3 Å². The average molecular weight is 519 g/mol. The molecule has 1 unspecified atom stereocenters. The first kappa shape index (κ1) is 26.7. The van der Waals surface area contributed by atoms with E-state index >= 15 is 0 Å². The molecular formula is C28H34N6O4. The predicted molar refractivity (Wildman–Crippen MR) is 145 cm³/mol. The molecule has 0 aliphatic carbocycles. The van der Waals surface area contributed by atoms with E-state index in [1.165, 1.54) is 16.7 Å². The second-order valence-corrected chi connectivity index (χ2v) is 9.71. The Kier molecular flexibility index (Phi) is 7.70. The van der Waals surface area contributed by atoms with Crippen LogP contribution in [-0.2, 0) is 23.2 Å². The first-order chi connectivity index (χ1) is 18.2. The number of methoxy groups -OCH3 is 2. The number of carbonyl (C=O) groups is 2. The molecule has 0 radical (unpaired) electrons. The summed E-state index contributed by atoms with van der Waals surface area (Å²) in [5.41, 5.74) is 1.93. The molecule has 10 nitrogen and oxygen atoms in total. The molecule has 0 aliphatic heterocycles. The second-order valence-electron chi connectivity index (χ2n) is 9.71. The second kappa shape index (κ2) is 11.0. The summed E-state index contributed by atoms with van der Waals surface area (Å²) in [7, 11) is 4.91. The highest BCUT2D eigenvalue weighted by Crippen LogP contribution is 2.38. The Balaban J connectivity index is 1.89. The van der Waals surface area contributed by atoms with Gasteiger partial charge in [-0.05, 0) is 56.7 Å². The van der Waals surface area contributed by atoms with E-state index in [9.17, 15) is 9.59 Å². The number of nitrogens with zero attached hydrogens (tertiary/aromatic N) is 5. The summed E-state index contributed by atoms with van der Waals surface area (Å²) < 4.78 is 14.5. The number of hydrogen-bond donors (Lipinski definition) is 1. The normalized spacial score (nSPS) is 12.3. The van der Waals surface area contributed by atoms with Crippen LogP contribution in [0, 0.1) is 0 Å². The molecule has 38 heavy (non-hydrogen) atoms. The number of hydrogen-bond acceptors (Lipinski definition) is 6. The van der Waals surface area contributed by atoms with Gasteiger partial charge in [-0.1, -0.05) is 24.3 Å². The Labute approximate surface area is 222 Å². The van der Waals surface area contributed by atoms with Gasteiger partial charge in [0.2, 0.25) is 11.8 Å². The number of rotatable bonds is 10. The fourth-order valence-electron chi connectivity index (χ4n) is 4.27. The van der Waals surface area contributed by atoms with Crippen molar-refractivity contribution >= 4 is 28.5 Å². The summed E-state index contributed by atoms with van der Waals surface area (Å²) in [6.45, 7) is 5.76. The fourth-order valence-corrected chi connectivity index (χ4v) is 4.27. The van der Waals surface area contributed by atoms with E-state index in [2.05, 4.69) is 15.6 Å². The Morgan fingerprint density at radius 1 is 1.08 bits per heavy atom. The molecule has 4 rings (SSSR count). The van der Waals surface area contributed by atoms with Crippen LogP contribution in [0.2, 0.25) is 0 Å². The molecule has 200 valence electrons. The summed E-state index contributed by atoms with van der Waals surface area (Å²) in [4.78, 5) is 29.8. The van der Waals surface area contributed by atoms with E-state index in [-0.39, 0.29) is 18.4 Å². The first-order valence-corrected chi connectivity index (χ1v) is 12.4. The van der Waals surface area contributed by atoms with E-state index in [1.807, 2.05) is 75.0 Å². The number of anilines is 1. The van der Waals surface area contributed by atoms with Gasteiger partial charge in [0.15, 0.2) is 6.04 Å². The molecule has 0 spiro atoms. The molecular weight excluding hydrogens is 484 g/mol. The van der Waals surface area contributed by atoms with Crippen molar-refractivity contribution in [3.8, 4) is 11.5 Å². The molecule has 0 bridgehead atoms. The van der Waals surface area contributed by atoms with Crippen LogP contribution < -0.4 is 19.7 Å². The van der Waals surface area contributed by atoms with Crippen molar-refractivity contribution in [1.82, 2.24) is 24.9 Å². The standard InChI is InChI=1S/C28H34N6O4/c1-7-28(2,3)29-27(36)26(22-13-10-16-32(22)4)34(23-17-19(37-5)14-15-24(23)38-6)25(35)18-33-21-12-9-8-11-20(21)30-31-33/h8-17,26H,7,18H2,1-6H3,(H,29,36). The average Bonchev–Trinajstić information content (AvgIpc) is 3.52. The molecule has 1 N–H and O–H groups in total. The SMILES string of the molecule is CCC(C)(C)NC(=O)C(c1cccn1C)N(C(=O)Cn1nnc2ccccc21)c1cc(OC)ccc1OC. The minimum absolute atomic E-state index is 0.147. The summed E-state index contributed by atoms with van der Waals surface area (Å²) in [6, 6.07) is 15.2. The highest BCUT2D eigenvalue weighted by Gasteiger charge is 2.38. The number of nitrogens with one attached hydrogen (secondary N) is 1. The molecule has 0 saturated heterocycles. The van der Waals surface area contributed by atoms with Crippen molar-refractivity contribution in [2.75, 3.05) is 19.1 Å². The zero-order chi connectivity index (χ0) is 27.4. The van der Waals surface area contributed by atoms with Crippen LogP contribution in [0.25, 0.3) is 11.0 Å². The lowest BCUT2D eigenvalue weighted by molar-refractivity contribution is -0.128. The maximum absolute atomic E-state index is 14.3. The maximum Gasteiger partial charge on any atom is 0.249 e. The highest BCUT2D eigenvalue weighted by atomic mass is 16.5. The van der Waals surface area contributed by atoms with Gasteiger partial charge in [0.25, 0.3) is 0 Å². The van der Waals surface area contributed by atoms with Gasteiger partial charge in [-0.3, -0.25) is 14.5 Å². The van der Waals surface area contributed by atoms with Crippen LogP contribution in [0.3, 0.4) is 0 Å². The van der Waals surface area contributed by atoms with E-state index in [0.717, 1.165) is 0 Å². The molecule has 2 aromatic carbocycles. The Hall–Kier alpha value is -4.34. The molecule has 10 heteroatoms. The third-order valence-electron chi connectivity index (χ3n) is 6.74. The van der Waals surface area contributed by atoms with Gasteiger partial charge in [0.05, 0.1) is 31.1 Å². The molecule has 2 aromatic heterocycles. The van der Waals surface area contributed by atoms with E-state index in [4.69, 9.17) is 9.47 Å². The third kappa shape index (κ3) is 5.34.